The minimum atomic E-state index is -0.124. The zero-order chi connectivity index (χ0) is 14.7. The lowest BCUT2D eigenvalue weighted by Gasteiger charge is -2.08. The molecule has 0 fully saturated rings. The third-order valence-corrected chi connectivity index (χ3v) is 3.36. The Morgan fingerprint density at radius 3 is 2.71 bits per heavy atom. The molecule has 0 atom stereocenters. The molecule has 0 aliphatic rings. The molecule has 2 aromatic carbocycles. The van der Waals surface area contributed by atoms with Crippen molar-refractivity contribution in [3.05, 3.63) is 71.9 Å². The Balaban J connectivity index is 2.14. The van der Waals surface area contributed by atoms with Gasteiger partial charge in [-0.05, 0) is 28.8 Å². The molecule has 0 spiro atoms. The van der Waals surface area contributed by atoms with E-state index in [4.69, 9.17) is 0 Å². The number of rotatable bonds is 3. The van der Waals surface area contributed by atoms with Gasteiger partial charge in [0.05, 0.1) is 11.7 Å². The highest BCUT2D eigenvalue weighted by Crippen LogP contribution is 2.25. The predicted molar refractivity (Wildman–Crippen MR) is 83.7 cm³/mol. The van der Waals surface area contributed by atoms with E-state index in [-0.39, 0.29) is 5.91 Å². The van der Waals surface area contributed by atoms with Crippen molar-refractivity contribution in [2.75, 3.05) is 7.05 Å². The summed E-state index contributed by atoms with van der Waals surface area (Å²) in [5.74, 6) is -0.124. The zero-order valence-corrected chi connectivity index (χ0v) is 11.6. The van der Waals surface area contributed by atoms with Crippen LogP contribution in [0.2, 0.25) is 0 Å². The second-order valence-electron chi connectivity index (χ2n) is 4.71. The van der Waals surface area contributed by atoms with Crippen LogP contribution in [0.15, 0.2) is 60.8 Å². The first kappa shape index (κ1) is 13.1. The van der Waals surface area contributed by atoms with Crippen LogP contribution in [0.1, 0.15) is 11.1 Å². The Hall–Kier alpha value is -2.88. The van der Waals surface area contributed by atoms with E-state index >= 15 is 0 Å². The van der Waals surface area contributed by atoms with E-state index in [2.05, 4.69) is 15.5 Å². The number of H-pyrrole nitrogens is 1. The summed E-state index contributed by atoms with van der Waals surface area (Å²) in [6.07, 6.45) is 3.40. The van der Waals surface area contributed by atoms with Gasteiger partial charge in [0, 0.05) is 18.5 Å². The highest BCUT2D eigenvalue weighted by Gasteiger charge is 2.08. The Morgan fingerprint density at radius 1 is 1.14 bits per heavy atom. The van der Waals surface area contributed by atoms with Crippen LogP contribution in [0, 0.1) is 0 Å². The van der Waals surface area contributed by atoms with Gasteiger partial charge in [0.15, 0.2) is 0 Å². The van der Waals surface area contributed by atoms with Crippen molar-refractivity contribution in [3.63, 3.8) is 0 Å². The third kappa shape index (κ3) is 2.69. The lowest BCUT2D eigenvalue weighted by atomic mass is 9.96. The lowest BCUT2D eigenvalue weighted by Crippen LogP contribution is -2.15. The third-order valence-electron chi connectivity index (χ3n) is 3.36. The number of benzene rings is 2. The standard InChI is InChI=1S/C17H15N3O/c1-18-17(21)10-15(12-5-3-2-4-6-12)13-7-8-16-14(9-13)11-19-20-16/h2-11H,1H3,(H,18,21)(H,19,20)/b15-10-. The Bertz CT molecular complexity index is 803. The van der Waals surface area contributed by atoms with Crippen molar-refractivity contribution in [1.82, 2.24) is 15.5 Å². The summed E-state index contributed by atoms with van der Waals surface area (Å²) < 4.78 is 0. The highest BCUT2D eigenvalue weighted by molar-refractivity contribution is 6.00. The second-order valence-corrected chi connectivity index (χ2v) is 4.71. The average Bonchev–Trinajstić information content (AvgIpc) is 3.00. The van der Waals surface area contributed by atoms with Crippen molar-refractivity contribution < 1.29 is 4.79 Å². The number of fused-ring (bicyclic) bond motifs is 1. The number of carbonyl (C=O) groups excluding carboxylic acids is 1. The normalized spacial score (nSPS) is 11.6. The van der Waals surface area contributed by atoms with Gasteiger partial charge in [0.25, 0.3) is 0 Å². The first-order chi connectivity index (χ1) is 10.3. The fourth-order valence-electron chi connectivity index (χ4n) is 2.26. The second kappa shape index (κ2) is 5.63. The molecular formula is C17H15N3O. The molecule has 104 valence electrons. The minimum Gasteiger partial charge on any atom is -0.356 e. The van der Waals surface area contributed by atoms with Crippen molar-refractivity contribution in [1.29, 1.82) is 0 Å². The van der Waals surface area contributed by atoms with Gasteiger partial charge < -0.3 is 5.32 Å². The van der Waals surface area contributed by atoms with Crippen molar-refractivity contribution in [2.24, 2.45) is 0 Å². The van der Waals surface area contributed by atoms with Crippen LogP contribution < -0.4 is 5.32 Å². The highest BCUT2D eigenvalue weighted by atomic mass is 16.1. The number of nitrogens with one attached hydrogen (secondary N) is 2. The number of amides is 1. The van der Waals surface area contributed by atoms with Gasteiger partial charge in [-0.2, -0.15) is 5.10 Å². The van der Waals surface area contributed by atoms with Gasteiger partial charge in [0.1, 0.15) is 0 Å². The maximum atomic E-state index is 11.8. The van der Waals surface area contributed by atoms with Crippen LogP contribution in [0.3, 0.4) is 0 Å². The van der Waals surface area contributed by atoms with Crippen LogP contribution in [-0.4, -0.2) is 23.2 Å². The molecule has 0 saturated carbocycles. The predicted octanol–water partition coefficient (Wildman–Crippen LogP) is 2.74. The maximum absolute atomic E-state index is 11.8. The van der Waals surface area contributed by atoms with Gasteiger partial charge in [-0.3, -0.25) is 9.89 Å². The van der Waals surface area contributed by atoms with Gasteiger partial charge in [-0.15, -0.1) is 0 Å². The van der Waals surface area contributed by atoms with E-state index in [1.165, 1.54) is 0 Å². The number of likely N-dealkylation sites (N-methyl/N-ethyl adjacent to an activating group) is 1. The molecule has 4 nitrogen and oxygen atoms in total. The summed E-state index contributed by atoms with van der Waals surface area (Å²) in [7, 11) is 1.63. The largest absolute Gasteiger partial charge is 0.356 e. The summed E-state index contributed by atoms with van der Waals surface area (Å²) in [5.41, 5.74) is 3.85. The fraction of sp³-hybridized carbons (Fsp3) is 0.0588. The number of aromatic nitrogens is 2. The maximum Gasteiger partial charge on any atom is 0.244 e. The van der Waals surface area contributed by atoms with Crippen LogP contribution in [0.5, 0.6) is 0 Å². The number of carbonyl (C=O) groups is 1. The SMILES string of the molecule is CNC(=O)/C=C(/c1ccccc1)c1ccc2[nH]ncc2c1. The Kier molecular flexibility index (Phi) is 3.51. The minimum absolute atomic E-state index is 0.124. The first-order valence-corrected chi connectivity index (χ1v) is 6.70. The first-order valence-electron chi connectivity index (χ1n) is 6.70. The van der Waals surface area contributed by atoms with E-state index in [1.807, 2.05) is 48.5 Å². The van der Waals surface area contributed by atoms with Crippen LogP contribution >= 0.6 is 0 Å². The van der Waals surface area contributed by atoms with Crippen LogP contribution in [0.4, 0.5) is 0 Å². The molecular weight excluding hydrogens is 262 g/mol. The van der Waals surface area contributed by atoms with Gasteiger partial charge >= 0.3 is 0 Å². The summed E-state index contributed by atoms with van der Waals surface area (Å²) in [6, 6.07) is 15.9. The molecule has 1 heterocycles. The molecule has 0 radical (unpaired) electrons. The van der Waals surface area contributed by atoms with Gasteiger partial charge in [-0.25, -0.2) is 0 Å². The van der Waals surface area contributed by atoms with E-state index in [0.29, 0.717) is 0 Å². The van der Waals surface area contributed by atoms with E-state index in [1.54, 1.807) is 19.3 Å². The number of hydrogen-bond acceptors (Lipinski definition) is 2. The van der Waals surface area contributed by atoms with Crippen molar-refractivity contribution >= 4 is 22.4 Å². The molecule has 0 saturated heterocycles. The summed E-state index contributed by atoms with van der Waals surface area (Å²) >= 11 is 0. The van der Waals surface area contributed by atoms with E-state index in [0.717, 1.165) is 27.6 Å². The smallest absolute Gasteiger partial charge is 0.244 e. The van der Waals surface area contributed by atoms with Crippen LogP contribution in [0.25, 0.3) is 16.5 Å². The lowest BCUT2D eigenvalue weighted by molar-refractivity contribution is -0.116. The number of nitrogens with zero attached hydrogens (tertiary/aromatic N) is 1. The van der Waals surface area contributed by atoms with E-state index in [9.17, 15) is 4.79 Å². The number of aromatic amines is 1. The summed E-state index contributed by atoms with van der Waals surface area (Å²) in [5, 5.41) is 10.6. The fourth-order valence-corrected chi connectivity index (χ4v) is 2.26. The van der Waals surface area contributed by atoms with Crippen LogP contribution in [-0.2, 0) is 4.79 Å². The molecule has 4 heteroatoms. The molecule has 0 bridgehead atoms. The zero-order valence-electron chi connectivity index (χ0n) is 11.6. The van der Waals surface area contributed by atoms with E-state index < -0.39 is 0 Å². The molecule has 0 aliphatic heterocycles. The summed E-state index contributed by atoms with van der Waals surface area (Å²) in [4.78, 5) is 11.8. The molecule has 21 heavy (non-hydrogen) atoms. The molecule has 1 amide bonds. The Morgan fingerprint density at radius 2 is 1.95 bits per heavy atom. The molecule has 3 aromatic rings. The quantitative estimate of drug-likeness (QED) is 0.723. The Labute approximate surface area is 122 Å². The van der Waals surface area contributed by atoms with Gasteiger partial charge in [-0.1, -0.05) is 36.4 Å². The molecule has 1 aromatic heterocycles. The van der Waals surface area contributed by atoms with Gasteiger partial charge in [0.2, 0.25) is 5.91 Å². The molecule has 0 unspecified atom stereocenters. The topological polar surface area (TPSA) is 57.8 Å². The summed E-state index contributed by atoms with van der Waals surface area (Å²) in [6.45, 7) is 0. The van der Waals surface area contributed by atoms with Crippen molar-refractivity contribution in [3.8, 4) is 0 Å². The monoisotopic (exact) mass is 277 g/mol. The van der Waals surface area contributed by atoms with Crippen molar-refractivity contribution in [2.45, 2.75) is 0 Å². The molecule has 2 N–H and O–H groups in total. The number of hydrogen-bond donors (Lipinski definition) is 2. The molecule has 0 aliphatic carbocycles. The average molecular weight is 277 g/mol. The molecule has 3 rings (SSSR count).